The molecule has 4 amide bonds. The van der Waals surface area contributed by atoms with Gasteiger partial charge in [0.2, 0.25) is 5.91 Å². The largest absolute Gasteiger partial charge is 0.508 e. The van der Waals surface area contributed by atoms with Gasteiger partial charge in [-0.05, 0) is 54.3 Å². The molecule has 0 aliphatic heterocycles. The highest BCUT2D eigenvalue weighted by Gasteiger charge is 2.51. The van der Waals surface area contributed by atoms with Gasteiger partial charge < -0.3 is 26.6 Å². The van der Waals surface area contributed by atoms with Crippen molar-refractivity contribution in [3.63, 3.8) is 0 Å². The maximum atomic E-state index is 14.4. The van der Waals surface area contributed by atoms with Crippen LogP contribution in [-0.2, 0) is 19.9 Å². The summed E-state index contributed by atoms with van der Waals surface area (Å²) in [5, 5.41) is 24.5. The van der Waals surface area contributed by atoms with Crippen LogP contribution in [0.3, 0.4) is 0 Å². The van der Waals surface area contributed by atoms with Gasteiger partial charge in [0, 0.05) is 17.8 Å². The number of carbonyl (C=O) groups is 4. The third-order valence-electron chi connectivity index (χ3n) is 6.39. The normalized spacial score (nSPS) is 13.1. The average Bonchev–Trinajstić information content (AvgIpc) is 2.90. The molecule has 10 heteroatoms. The van der Waals surface area contributed by atoms with Crippen molar-refractivity contribution in [1.29, 1.82) is 0 Å². The Kier molecular flexibility index (Phi) is 9.27. The molecule has 0 saturated heterocycles. The van der Waals surface area contributed by atoms with Crippen LogP contribution >= 0.6 is 0 Å². The number of para-hydroxylation sites is 2. The van der Waals surface area contributed by atoms with Gasteiger partial charge in [-0.15, -0.1) is 0 Å². The summed E-state index contributed by atoms with van der Waals surface area (Å²) in [6, 6.07) is 20.6. The molecular weight excluding hydrogens is 500 g/mol. The first-order valence-corrected chi connectivity index (χ1v) is 12.4. The second-order valence-corrected chi connectivity index (χ2v) is 9.29. The Balaban J connectivity index is 2.15. The molecule has 39 heavy (non-hydrogen) atoms. The molecule has 204 valence electrons. The maximum Gasteiger partial charge on any atom is 0.319 e. The SMILES string of the molecule is CC(C)C(C(N)=O)(c1ccc(O)cc1)N(C(=O)[C@@H](CCC(=O)O)NC(=O)Nc1ccccc1)c1ccccc1. The zero-order valence-electron chi connectivity index (χ0n) is 21.7. The molecule has 6 N–H and O–H groups in total. The number of anilines is 2. The number of aromatic hydroxyl groups is 1. The summed E-state index contributed by atoms with van der Waals surface area (Å²) in [5.41, 5.74) is 5.42. The molecule has 0 heterocycles. The van der Waals surface area contributed by atoms with Crippen molar-refractivity contribution in [2.24, 2.45) is 11.7 Å². The standard InChI is InChI=1S/C29H32N4O6/c1-19(2)29(27(30)38,20-13-15-23(34)16-14-20)33(22-11-7-4-8-12-22)26(37)24(17-18-25(35)36)32-28(39)31-21-9-5-3-6-10-21/h3-16,19,24,34H,17-18H2,1-2H3,(H2,30,38)(H,35,36)(H2,31,32,39)/t24-,29?/m1/s1. The molecule has 1 unspecified atom stereocenters. The van der Waals surface area contributed by atoms with Crippen LogP contribution in [0, 0.1) is 5.92 Å². The fraction of sp³-hybridized carbons (Fsp3) is 0.241. The second kappa shape index (κ2) is 12.6. The molecule has 0 saturated carbocycles. The fourth-order valence-electron chi connectivity index (χ4n) is 4.58. The van der Waals surface area contributed by atoms with Crippen LogP contribution in [0.25, 0.3) is 0 Å². The summed E-state index contributed by atoms with van der Waals surface area (Å²) in [5.74, 6) is -3.36. The van der Waals surface area contributed by atoms with E-state index in [1.165, 1.54) is 29.2 Å². The van der Waals surface area contributed by atoms with E-state index < -0.39 is 47.7 Å². The third-order valence-corrected chi connectivity index (χ3v) is 6.39. The summed E-state index contributed by atoms with van der Waals surface area (Å²) in [4.78, 5) is 53.3. The molecule has 3 aromatic rings. The molecule has 0 radical (unpaired) electrons. The van der Waals surface area contributed by atoms with Gasteiger partial charge >= 0.3 is 12.0 Å². The average molecular weight is 533 g/mol. The quantitative estimate of drug-likeness (QED) is 0.252. The molecule has 0 aliphatic rings. The summed E-state index contributed by atoms with van der Waals surface area (Å²) in [7, 11) is 0. The summed E-state index contributed by atoms with van der Waals surface area (Å²) in [6.07, 6.45) is -0.669. The number of urea groups is 1. The smallest absolute Gasteiger partial charge is 0.319 e. The number of carbonyl (C=O) groups excluding carboxylic acids is 3. The van der Waals surface area contributed by atoms with Crippen molar-refractivity contribution in [2.45, 2.75) is 38.3 Å². The number of primary amides is 1. The zero-order valence-corrected chi connectivity index (χ0v) is 21.7. The van der Waals surface area contributed by atoms with Gasteiger partial charge in [-0.2, -0.15) is 0 Å². The Bertz CT molecular complexity index is 1300. The molecule has 2 atom stereocenters. The highest BCUT2D eigenvalue weighted by atomic mass is 16.4. The number of carboxylic acids is 1. The first-order valence-electron chi connectivity index (χ1n) is 12.4. The minimum Gasteiger partial charge on any atom is -0.508 e. The highest BCUT2D eigenvalue weighted by Crippen LogP contribution is 2.40. The number of hydrogen-bond donors (Lipinski definition) is 5. The van der Waals surface area contributed by atoms with Crippen molar-refractivity contribution < 1.29 is 29.4 Å². The molecule has 3 aromatic carbocycles. The van der Waals surface area contributed by atoms with Crippen molar-refractivity contribution in [3.8, 4) is 5.75 Å². The number of carboxylic acid groups (broad SMARTS) is 1. The van der Waals surface area contributed by atoms with Gasteiger partial charge in [0.05, 0.1) is 0 Å². The number of nitrogens with one attached hydrogen (secondary N) is 2. The molecule has 3 rings (SSSR count). The van der Waals surface area contributed by atoms with Crippen LogP contribution in [0.2, 0.25) is 0 Å². The first-order chi connectivity index (χ1) is 18.6. The lowest BCUT2D eigenvalue weighted by molar-refractivity contribution is -0.137. The van der Waals surface area contributed by atoms with Gasteiger partial charge in [-0.3, -0.25) is 19.3 Å². The number of nitrogens with zero attached hydrogens (tertiary/aromatic N) is 1. The van der Waals surface area contributed by atoms with Crippen LogP contribution in [0.4, 0.5) is 16.2 Å². The Labute approximate surface area is 226 Å². The number of phenols is 1. The van der Waals surface area contributed by atoms with Crippen LogP contribution < -0.4 is 21.3 Å². The topological polar surface area (TPSA) is 162 Å². The minimum atomic E-state index is -1.76. The van der Waals surface area contributed by atoms with E-state index in [4.69, 9.17) is 5.73 Å². The lowest BCUT2D eigenvalue weighted by Gasteiger charge is -2.46. The van der Waals surface area contributed by atoms with Gasteiger partial charge in [0.15, 0.2) is 5.54 Å². The Morgan fingerprint density at radius 1 is 0.897 bits per heavy atom. The van der Waals surface area contributed by atoms with E-state index in [9.17, 15) is 29.4 Å². The third kappa shape index (κ3) is 6.53. The molecule has 0 aromatic heterocycles. The van der Waals surface area contributed by atoms with Gasteiger partial charge in [-0.1, -0.05) is 62.4 Å². The van der Waals surface area contributed by atoms with Crippen LogP contribution in [-0.4, -0.2) is 40.1 Å². The fourth-order valence-corrected chi connectivity index (χ4v) is 4.58. The summed E-state index contributed by atoms with van der Waals surface area (Å²) >= 11 is 0. The van der Waals surface area contributed by atoms with E-state index in [-0.39, 0.29) is 12.2 Å². The van der Waals surface area contributed by atoms with Crippen molar-refractivity contribution in [3.05, 3.63) is 90.5 Å². The number of amides is 4. The zero-order chi connectivity index (χ0) is 28.6. The van der Waals surface area contributed by atoms with E-state index in [1.807, 2.05) is 0 Å². The lowest BCUT2D eigenvalue weighted by atomic mass is 9.76. The summed E-state index contributed by atoms with van der Waals surface area (Å²) in [6.45, 7) is 3.45. The molecule has 0 bridgehead atoms. The van der Waals surface area contributed by atoms with Gasteiger partial charge in [0.1, 0.15) is 11.8 Å². The molecule has 0 fully saturated rings. The van der Waals surface area contributed by atoms with E-state index in [0.29, 0.717) is 16.9 Å². The van der Waals surface area contributed by atoms with Gasteiger partial charge in [0.25, 0.3) is 5.91 Å². The number of benzene rings is 3. The second-order valence-electron chi connectivity index (χ2n) is 9.29. The Morgan fingerprint density at radius 2 is 1.46 bits per heavy atom. The van der Waals surface area contributed by atoms with Crippen LogP contribution in [0.1, 0.15) is 32.3 Å². The van der Waals surface area contributed by atoms with E-state index >= 15 is 0 Å². The number of aliphatic carboxylic acids is 1. The Morgan fingerprint density at radius 3 is 1.97 bits per heavy atom. The molecule has 0 spiro atoms. The number of nitrogens with two attached hydrogens (primary N) is 1. The number of rotatable bonds is 11. The van der Waals surface area contributed by atoms with Crippen LogP contribution in [0.5, 0.6) is 5.75 Å². The monoisotopic (exact) mass is 532 g/mol. The predicted octanol–water partition coefficient (Wildman–Crippen LogP) is 3.82. The van der Waals surface area contributed by atoms with E-state index in [1.54, 1.807) is 74.5 Å². The molecular formula is C29H32N4O6. The maximum absolute atomic E-state index is 14.4. The van der Waals surface area contributed by atoms with Crippen molar-refractivity contribution in [2.75, 3.05) is 10.2 Å². The summed E-state index contributed by atoms with van der Waals surface area (Å²) < 4.78 is 0. The van der Waals surface area contributed by atoms with Crippen LogP contribution in [0.15, 0.2) is 84.9 Å². The Hall–Kier alpha value is -4.86. The first kappa shape index (κ1) is 28.7. The van der Waals surface area contributed by atoms with E-state index in [2.05, 4.69) is 10.6 Å². The highest BCUT2D eigenvalue weighted by molar-refractivity contribution is 6.07. The molecule has 10 nitrogen and oxygen atoms in total. The number of hydrogen-bond acceptors (Lipinski definition) is 5. The van der Waals surface area contributed by atoms with Crippen molar-refractivity contribution >= 4 is 35.2 Å². The molecule has 0 aliphatic carbocycles. The lowest BCUT2D eigenvalue weighted by Crippen LogP contribution is -2.64. The van der Waals surface area contributed by atoms with Crippen molar-refractivity contribution in [1.82, 2.24) is 5.32 Å². The van der Waals surface area contributed by atoms with Gasteiger partial charge in [-0.25, -0.2) is 4.79 Å². The predicted molar refractivity (Wildman–Crippen MR) is 147 cm³/mol. The van der Waals surface area contributed by atoms with E-state index in [0.717, 1.165) is 0 Å². The minimum absolute atomic E-state index is 0.0444. The number of phenolic OH excluding ortho intramolecular Hbond substituents is 1.